The van der Waals surface area contributed by atoms with E-state index in [1.807, 2.05) is 69.2 Å². The van der Waals surface area contributed by atoms with E-state index in [1.54, 1.807) is 19.0 Å². The van der Waals surface area contributed by atoms with Gasteiger partial charge < -0.3 is 10.6 Å². The third kappa shape index (κ3) is 6.95. The zero-order valence-electron chi connectivity index (χ0n) is 15.1. The van der Waals surface area contributed by atoms with Crippen molar-refractivity contribution in [3.63, 3.8) is 0 Å². The number of anilines is 1. The number of carbonyl (C=O) groups excluding carboxylic acids is 1. The zero-order chi connectivity index (χ0) is 18.9. The Morgan fingerprint density at radius 2 is 1.61 bits per heavy atom. The second-order valence-corrected chi connectivity index (χ2v) is 6.27. The van der Waals surface area contributed by atoms with E-state index in [2.05, 4.69) is 15.6 Å². The van der Waals surface area contributed by atoms with Crippen LogP contribution in [0.25, 0.3) is 10.9 Å². The van der Waals surface area contributed by atoms with E-state index < -0.39 is 0 Å². The first kappa shape index (κ1) is 23.0. The van der Waals surface area contributed by atoms with Crippen LogP contribution in [0.5, 0.6) is 0 Å². The van der Waals surface area contributed by atoms with Crippen LogP contribution in [0.15, 0.2) is 30.5 Å². The molecular weight excluding hydrogens is 414 g/mol. The predicted molar refractivity (Wildman–Crippen MR) is 110 cm³/mol. The first-order valence-electron chi connectivity index (χ1n) is 8.69. The van der Waals surface area contributed by atoms with Gasteiger partial charge in [-0.3, -0.25) is 9.78 Å². The molecule has 4 rings (SSSR count). The first-order chi connectivity index (χ1) is 13.2. The van der Waals surface area contributed by atoms with Crippen LogP contribution in [-0.4, -0.2) is 24.0 Å². The van der Waals surface area contributed by atoms with Gasteiger partial charge in [0.05, 0.1) is 11.4 Å². The molecule has 1 aromatic heterocycles. The van der Waals surface area contributed by atoms with Gasteiger partial charge in [0.15, 0.2) is 0 Å². The van der Waals surface area contributed by atoms with Crippen LogP contribution in [0.3, 0.4) is 0 Å². The molecule has 2 aromatic rings. The summed E-state index contributed by atoms with van der Waals surface area (Å²) in [6.45, 7) is 1.18. The molecular formula is C22H20ClFeN3O+2. The first-order valence-corrected chi connectivity index (χ1v) is 9.06. The maximum Gasteiger partial charge on any atom is 2.00 e. The van der Waals surface area contributed by atoms with Crippen LogP contribution >= 0.6 is 11.6 Å². The molecule has 10 radical (unpaired) electrons. The summed E-state index contributed by atoms with van der Waals surface area (Å²) in [7, 11) is 0. The summed E-state index contributed by atoms with van der Waals surface area (Å²) in [6, 6.07) is 7.53. The van der Waals surface area contributed by atoms with Crippen molar-refractivity contribution in [2.45, 2.75) is 0 Å². The molecule has 0 aliphatic heterocycles. The molecule has 0 bridgehead atoms. The number of nitrogens with zero attached hydrogens (tertiary/aromatic N) is 1. The van der Waals surface area contributed by atoms with Crippen molar-refractivity contribution in [1.29, 1.82) is 0 Å². The molecule has 6 heteroatoms. The quantitative estimate of drug-likeness (QED) is 0.556. The Kier molecular flexibility index (Phi) is 10.1. The smallest absolute Gasteiger partial charge is 0.383 e. The number of halogens is 1. The Morgan fingerprint density at radius 3 is 2.29 bits per heavy atom. The number of pyridine rings is 1. The minimum Gasteiger partial charge on any atom is -0.383 e. The van der Waals surface area contributed by atoms with E-state index in [0.29, 0.717) is 24.0 Å². The van der Waals surface area contributed by atoms with Crippen LogP contribution in [0.4, 0.5) is 5.69 Å². The normalized spacial score (nSPS) is 16.2. The second-order valence-electron chi connectivity index (χ2n) is 5.84. The van der Waals surface area contributed by atoms with Crippen LogP contribution < -0.4 is 10.6 Å². The van der Waals surface area contributed by atoms with Gasteiger partial charge in [0.25, 0.3) is 0 Å². The fourth-order valence-corrected chi connectivity index (χ4v) is 2.76. The van der Waals surface area contributed by atoms with Gasteiger partial charge in [0.2, 0.25) is 5.91 Å². The minimum atomic E-state index is -0.0573. The largest absolute Gasteiger partial charge is 2.00 e. The van der Waals surface area contributed by atoms with Crippen molar-refractivity contribution in [3.05, 3.63) is 99.2 Å². The maximum absolute atomic E-state index is 11.8. The standard InChI is InChI=1S/C17H15ClN3O.C5H5.Fe/c18-13-5-6-14-15(7-8-19-16(14)11-13)20-9-10-21-17(22)12-3-1-2-4-12;1-2-4-5-3-1;/h1-8,11H,9-10H2,(H,19,20)(H,21,22);1-5H;/q;;+2. The van der Waals surface area contributed by atoms with E-state index >= 15 is 0 Å². The number of rotatable bonds is 5. The number of fused-ring (bicyclic) bond motifs is 1. The Hall–Kier alpha value is -1.29. The molecule has 2 aliphatic rings. The molecule has 0 spiro atoms. The Bertz CT molecular complexity index is 738. The van der Waals surface area contributed by atoms with Crippen molar-refractivity contribution >= 4 is 34.1 Å². The van der Waals surface area contributed by atoms with E-state index in [4.69, 9.17) is 11.6 Å². The summed E-state index contributed by atoms with van der Waals surface area (Å²) >= 11 is 5.97. The van der Waals surface area contributed by atoms with E-state index in [9.17, 15) is 4.79 Å². The number of benzene rings is 1. The summed E-state index contributed by atoms with van der Waals surface area (Å²) in [4.78, 5) is 16.1. The molecule has 2 fully saturated rings. The third-order valence-corrected chi connectivity index (χ3v) is 4.15. The number of hydrogen-bond acceptors (Lipinski definition) is 3. The third-order valence-electron chi connectivity index (χ3n) is 3.91. The van der Waals surface area contributed by atoms with Crippen molar-refractivity contribution < 1.29 is 21.9 Å². The van der Waals surface area contributed by atoms with E-state index in [0.717, 1.165) is 16.6 Å². The van der Waals surface area contributed by atoms with Gasteiger partial charge in [-0.05, 0) is 82.1 Å². The molecule has 2 aliphatic carbocycles. The van der Waals surface area contributed by atoms with Gasteiger partial charge in [-0.15, -0.1) is 0 Å². The molecule has 1 aromatic carbocycles. The average molecular weight is 434 g/mol. The Morgan fingerprint density at radius 1 is 0.929 bits per heavy atom. The Labute approximate surface area is 183 Å². The Balaban J connectivity index is 0.000000408. The van der Waals surface area contributed by atoms with Crippen molar-refractivity contribution in [1.82, 2.24) is 10.3 Å². The average Bonchev–Trinajstić information content (AvgIpc) is 3.41. The molecule has 2 N–H and O–H groups in total. The summed E-state index contributed by atoms with van der Waals surface area (Å²) in [5.74, 6) is 0.627. The topological polar surface area (TPSA) is 54.0 Å². The number of amides is 1. The molecule has 1 amide bonds. The molecule has 4 nitrogen and oxygen atoms in total. The molecule has 0 unspecified atom stereocenters. The van der Waals surface area contributed by atoms with Gasteiger partial charge in [-0.25, -0.2) is 0 Å². The number of hydrogen-bond donors (Lipinski definition) is 2. The fourth-order valence-electron chi connectivity index (χ4n) is 2.60. The van der Waals surface area contributed by atoms with Crippen LogP contribution in [-0.2, 0) is 21.9 Å². The van der Waals surface area contributed by atoms with Crippen molar-refractivity contribution in [3.8, 4) is 0 Å². The van der Waals surface area contributed by atoms with Gasteiger partial charge >= 0.3 is 17.1 Å². The zero-order valence-corrected chi connectivity index (χ0v) is 16.9. The van der Waals surface area contributed by atoms with Crippen LogP contribution in [0.1, 0.15) is 0 Å². The summed E-state index contributed by atoms with van der Waals surface area (Å²) in [5, 5.41) is 7.86. The molecule has 2 saturated carbocycles. The van der Waals surface area contributed by atoms with E-state index in [-0.39, 0.29) is 23.0 Å². The second kappa shape index (κ2) is 12.3. The minimum absolute atomic E-state index is 0. The summed E-state index contributed by atoms with van der Waals surface area (Å²) in [5.41, 5.74) is 1.82. The van der Waals surface area contributed by atoms with Gasteiger partial charge in [0.1, 0.15) is 0 Å². The SMILES string of the molecule is O=C(NCCNc1ccnc2cc(Cl)ccc12)[C]1[CH][CH][CH][CH]1.[CH]1[CH][CH][CH][CH]1.[Fe+2]. The van der Waals surface area contributed by atoms with Gasteiger partial charge in [-0.1, -0.05) is 11.6 Å². The summed E-state index contributed by atoms with van der Waals surface area (Å²) in [6.07, 6.45) is 19.0. The van der Waals surface area contributed by atoms with Crippen molar-refractivity contribution in [2.24, 2.45) is 0 Å². The number of carbonyl (C=O) groups is 1. The predicted octanol–water partition coefficient (Wildman–Crippen LogP) is 3.84. The monoisotopic (exact) mass is 433 g/mol. The molecule has 1 heterocycles. The number of nitrogens with one attached hydrogen (secondary N) is 2. The van der Waals surface area contributed by atoms with Gasteiger partial charge in [-0.2, -0.15) is 0 Å². The molecule has 28 heavy (non-hydrogen) atoms. The van der Waals surface area contributed by atoms with Crippen LogP contribution in [0, 0.1) is 63.7 Å². The molecule has 0 atom stereocenters. The van der Waals surface area contributed by atoms with E-state index in [1.165, 1.54) is 0 Å². The van der Waals surface area contributed by atoms with Crippen molar-refractivity contribution in [2.75, 3.05) is 18.4 Å². The van der Waals surface area contributed by atoms with Crippen LogP contribution in [0.2, 0.25) is 5.02 Å². The molecule has 0 saturated heterocycles. The fraction of sp³-hybridized carbons (Fsp3) is 0.0909. The number of aromatic nitrogens is 1. The van der Waals surface area contributed by atoms with Gasteiger partial charge in [0, 0.05) is 35.4 Å². The molecule has 142 valence electrons. The summed E-state index contributed by atoms with van der Waals surface area (Å²) < 4.78 is 0. The maximum atomic E-state index is 11.8.